The first-order valence-corrected chi connectivity index (χ1v) is 7.55. The molecular formula is C16H21N5. The zero-order chi connectivity index (χ0) is 14.3. The Kier molecular flexibility index (Phi) is 4.74. The predicted molar refractivity (Wildman–Crippen MR) is 83.1 cm³/mol. The van der Waals surface area contributed by atoms with Crippen LogP contribution in [0.2, 0.25) is 0 Å². The molecule has 5 heteroatoms. The summed E-state index contributed by atoms with van der Waals surface area (Å²) in [6, 6.07) is 8.57. The highest BCUT2D eigenvalue weighted by atomic mass is 15.1. The van der Waals surface area contributed by atoms with Crippen molar-refractivity contribution in [3.05, 3.63) is 48.7 Å². The van der Waals surface area contributed by atoms with E-state index in [1.807, 2.05) is 18.3 Å². The van der Waals surface area contributed by atoms with Crippen molar-refractivity contribution in [1.82, 2.24) is 19.9 Å². The fourth-order valence-corrected chi connectivity index (χ4v) is 2.70. The molecule has 0 atom stereocenters. The molecule has 3 heterocycles. The summed E-state index contributed by atoms with van der Waals surface area (Å²) in [5.74, 6) is 0.928. The van der Waals surface area contributed by atoms with E-state index >= 15 is 0 Å². The third-order valence-electron chi connectivity index (χ3n) is 3.93. The smallest absolute Gasteiger partial charge is 0.129 e. The lowest BCUT2D eigenvalue weighted by molar-refractivity contribution is 0.221. The minimum atomic E-state index is 0.519. The van der Waals surface area contributed by atoms with Crippen molar-refractivity contribution in [2.45, 2.75) is 25.3 Å². The summed E-state index contributed by atoms with van der Waals surface area (Å²) in [5, 5.41) is 3.49. The molecule has 2 aromatic rings. The highest BCUT2D eigenvalue weighted by molar-refractivity contribution is 5.33. The zero-order valence-electron chi connectivity index (χ0n) is 12.2. The number of nitrogens with zero attached hydrogens (tertiary/aromatic N) is 4. The SMILES string of the molecule is c1ccc(CCN2CCC(Nc3ccncn3)CC2)nc1. The Morgan fingerprint density at radius 1 is 1.10 bits per heavy atom. The minimum absolute atomic E-state index is 0.519. The number of rotatable bonds is 5. The van der Waals surface area contributed by atoms with Gasteiger partial charge in [-0.15, -0.1) is 0 Å². The molecular weight excluding hydrogens is 262 g/mol. The first-order chi connectivity index (χ1) is 10.4. The summed E-state index contributed by atoms with van der Waals surface area (Å²) in [7, 11) is 0. The Hall–Kier alpha value is -2.01. The van der Waals surface area contributed by atoms with Crippen molar-refractivity contribution in [2.75, 3.05) is 25.0 Å². The average molecular weight is 283 g/mol. The zero-order valence-corrected chi connectivity index (χ0v) is 12.2. The van der Waals surface area contributed by atoms with Crippen LogP contribution < -0.4 is 5.32 Å². The maximum absolute atomic E-state index is 4.38. The fourth-order valence-electron chi connectivity index (χ4n) is 2.70. The molecule has 0 spiro atoms. The Morgan fingerprint density at radius 3 is 2.71 bits per heavy atom. The van der Waals surface area contributed by atoms with Gasteiger partial charge in [0.1, 0.15) is 12.1 Å². The van der Waals surface area contributed by atoms with Gasteiger partial charge >= 0.3 is 0 Å². The van der Waals surface area contributed by atoms with Crippen molar-refractivity contribution in [3.63, 3.8) is 0 Å². The number of pyridine rings is 1. The van der Waals surface area contributed by atoms with Gasteiger partial charge < -0.3 is 10.2 Å². The average Bonchev–Trinajstić information content (AvgIpc) is 2.56. The van der Waals surface area contributed by atoms with Gasteiger partial charge in [-0.1, -0.05) is 6.07 Å². The van der Waals surface area contributed by atoms with Gasteiger partial charge in [-0.05, 0) is 31.0 Å². The second-order valence-corrected chi connectivity index (χ2v) is 5.43. The van der Waals surface area contributed by atoms with Crippen molar-refractivity contribution in [1.29, 1.82) is 0 Å². The summed E-state index contributed by atoms with van der Waals surface area (Å²) in [6.07, 6.45) is 8.58. The molecule has 5 nitrogen and oxygen atoms in total. The van der Waals surface area contributed by atoms with E-state index < -0.39 is 0 Å². The van der Waals surface area contributed by atoms with E-state index in [1.165, 1.54) is 5.69 Å². The molecule has 2 aromatic heterocycles. The third kappa shape index (κ3) is 4.23. The fraction of sp³-hybridized carbons (Fsp3) is 0.438. The number of likely N-dealkylation sites (tertiary alicyclic amines) is 1. The second kappa shape index (κ2) is 7.13. The lowest BCUT2D eigenvalue weighted by Crippen LogP contribution is -2.40. The van der Waals surface area contributed by atoms with Crippen LogP contribution in [0.1, 0.15) is 18.5 Å². The van der Waals surface area contributed by atoms with Crippen LogP contribution in [-0.2, 0) is 6.42 Å². The Bertz CT molecular complexity index is 523. The monoisotopic (exact) mass is 283 g/mol. The molecule has 1 aliphatic rings. The molecule has 1 fully saturated rings. The number of aromatic nitrogens is 3. The first kappa shape index (κ1) is 13.9. The van der Waals surface area contributed by atoms with Crippen LogP contribution in [0.3, 0.4) is 0 Å². The van der Waals surface area contributed by atoms with Crippen molar-refractivity contribution in [3.8, 4) is 0 Å². The normalized spacial score (nSPS) is 16.8. The standard InChI is InChI=1S/C16H21N5/c1-2-8-18-14(3-1)5-10-21-11-6-15(7-12-21)20-16-4-9-17-13-19-16/h1-4,8-9,13,15H,5-7,10-12H2,(H,17,19,20). The van der Waals surface area contributed by atoms with Crippen LogP contribution in [0.15, 0.2) is 43.0 Å². The topological polar surface area (TPSA) is 53.9 Å². The first-order valence-electron chi connectivity index (χ1n) is 7.55. The van der Waals surface area contributed by atoms with E-state index in [9.17, 15) is 0 Å². The van der Waals surface area contributed by atoms with E-state index in [2.05, 4.69) is 37.3 Å². The van der Waals surface area contributed by atoms with Gasteiger partial charge in [0.25, 0.3) is 0 Å². The van der Waals surface area contributed by atoms with Gasteiger partial charge in [-0.3, -0.25) is 4.98 Å². The maximum Gasteiger partial charge on any atom is 0.129 e. The molecule has 0 bridgehead atoms. The van der Waals surface area contributed by atoms with Crippen LogP contribution in [-0.4, -0.2) is 45.5 Å². The number of nitrogens with one attached hydrogen (secondary N) is 1. The number of anilines is 1. The lowest BCUT2D eigenvalue weighted by atomic mass is 10.0. The summed E-state index contributed by atoms with van der Waals surface area (Å²) in [5.41, 5.74) is 1.18. The van der Waals surface area contributed by atoms with Crippen molar-refractivity contribution < 1.29 is 0 Å². The van der Waals surface area contributed by atoms with E-state index in [-0.39, 0.29) is 0 Å². The van der Waals surface area contributed by atoms with Crippen molar-refractivity contribution >= 4 is 5.82 Å². The van der Waals surface area contributed by atoms with E-state index in [0.29, 0.717) is 6.04 Å². The molecule has 0 radical (unpaired) electrons. The Labute approximate surface area is 125 Å². The van der Waals surface area contributed by atoms with Gasteiger partial charge in [-0.25, -0.2) is 9.97 Å². The van der Waals surface area contributed by atoms with Crippen LogP contribution in [0.25, 0.3) is 0 Å². The molecule has 0 amide bonds. The Balaban J connectivity index is 1.41. The molecule has 0 unspecified atom stereocenters. The highest BCUT2D eigenvalue weighted by Gasteiger charge is 2.19. The molecule has 1 N–H and O–H groups in total. The maximum atomic E-state index is 4.38. The molecule has 21 heavy (non-hydrogen) atoms. The highest BCUT2D eigenvalue weighted by Crippen LogP contribution is 2.15. The molecule has 0 aliphatic carbocycles. The van der Waals surface area contributed by atoms with Crippen LogP contribution in [0, 0.1) is 0 Å². The number of hydrogen-bond donors (Lipinski definition) is 1. The summed E-state index contributed by atoms with van der Waals surface area (Å²) < 4.78 is 0. The van der Waals surface area contributed by atoms with Crippen LogP contribution >= 0.6 is 0 Å². The van der Waals surface area contributed by atoms with Crippen LogP contribution in [0.4, 0.5) is 5.82 Å². The van der Waals surface area contributed by atoms with Gasteiger partial charge in [0.2, 0.25) is 0 Å². The molecule has 3 rings (SSSR count). The Morgan fingerprint density at radius 2 is 2.00 bits per heavy atom. The van der Waals surface area contributed by atoms with E-state index in [1.54, 1.807) is 12.5 Å². The summed E-state index contributed by atoms with van der Waals surface area (Å²) in [6.45, 7) is 3.36. The summed E-state index contributed by atoms with van der Waals surface area (Å²) in [4.78, 5) is 15.1. The molecule has 1 aliphatic heterocycles. The minimum Gasteiger partial charge on any atom is -0.367 e. The van der Waals surface area contributed by atoms with Gasteiger partial charge in [0.15, 0.2) is 0 Å². The number of hydrogen-bond acceptors (Lipinski definition) is 5. The lowest BCUT2D eigenvalue weighted by Gasteiger charge is -2.32. The summed E-state index contributed by atoms with van der Waals surface area (Å²) >= 11 is 0. The van der Waals surface area contributed by atoms with Gasteiger partial charge in [0.05, 0.1) is 0 Å². The molecule has 1 saturated heterocycles. The second-order valence-electron chi connectivity index (χ2n) is 5.43. The van der Waals surface area contributed by atoms with Crippen molar-refractivity contribution in [2.24, 2.45) is 0 Å². The van der Waals surface area contributed by atoms with E-state index in [4.69, 9.17) is 0 Å². The molecule has 0 aromatic carbocycles. The molecule has 110 valence electrons. The van der Waals surface area contributed by atoms with Gasteiger partial charge in [0, 0.05) is 50.2 Å². The predicted octanol–water partition coefficient (Wildman–Crippen LogP) is 1.99. The van der Waals surface area contributed by atoms with Crippen LogP contribution in [0.5, 0.6) is 0 Å². The third-order valence-corrected chi connectivity index (χ3v) is 3.93. The number of piperidine rings is 1. The van der Waals surface area contributed by atoms with E-state index in [0.717, 1.165) is 44.7 Å². The molecule has 0 saturated carbocycles. The quantitative estimate of drug-likeness (QED) is 0.909. The van der Waals surface area contributed by atoms with Gasteiger partial charge in [-0.2, -0.15) is 0 Å². The largest absolute Gasteiger partial charge is 0.367 e.